The molecular formula is C17H28NO3P. The molecule has 2 unspecified atom stereocenters. The lowest BCUT2D eigenvalue weighted by atomic mass is 10.2. The molecule has 5 heteroatoms. The normalized spacial score (nSPS) is 24.0. The molecule has 2 atom stereocenters. The zero-order valence-corrected chi connectivity index (χ0v) is 15.3. The number of nitrogens with zero attached hydrogens (tertiary/aromatic N) is 1. The highest BCUT2D eigenvalue weighted by molar-refractivity contribution is 7.55. The summed E-state index contributed by atoms with van der Waals surface area (Å²) in [5, 5.41) is 0. The van der Waals surface area contributed by atoms with E-state index < -0.39 is 7.60 Å². The van der Waals surface area contributed by atoms with Crippen molar-refractivity contribution in [1.82, 2.24) is 4.90 Å². The van der Waals surface area contributed by atoms with Crippen LogP contribution in [0.15, 0.2) is 30.3 Å². The highest BCUT2D eigenvalue weighted by Gasteiger charge is 2.66. The second-order valence-electron chi connectivity index (χ2n) is 6.99. The molecule has 4 nitrogen and oxygen atoms in total. The Morgan fingerprint density at radius 3 is 2.05 bits per heavy atom. The third-order valence-electron chi connectivity index (χ3n) is 3.81. The molecular weight excluding hydrogens is 297 g/mol. The molecule has 1 aromatic carbocycles. The van der Waals surface area contributed by atoms with Gasteiger partial charge in [-0.05, 0) is 47.1 Å². The van der Waals surface area contributed by atoms with Crippen LogP contribution in [0.4, 0.5) is 0 Å². The SMILES string of the molecule is CC(C)OP(=O)(OC(C)C)C1N(Cc2ccccc2)C1(C)C. The molecule has 1 aliphatic heterocycles. The predicted molar refractivity (Wildman–Crippen MR) is 89.9 cm³/mol. The third kappa shape index (κ3) is 3.80. The van der Waals surface area contributed by atoms with Gasteiger partial charge < -0.3 is 9.05 Å². The lowest BCUT2D eigenvalue weighted by Gasteiger charge is -2.23. The van der Waals surface area contributed by atoms with Crippen molar-refractivity contribution in [2.45, 2.75) is 71.6 Å². The van der Waals surface area contributed by atoms with E-state index in [1.165, 1.54) is 5.56 Å². The Labute approximate surface area is 134 Å². The number of benzene rings is 1. The van der Waals surface area contributed by atoms with E-state index in [4.69, 9.17) is 9.05 Å². The second-order valence-corrected chi connectivity index (χ2v) is 8.98. The lowest BCUT2D eigenvalue weighted by Crippen LogP contribution is -2.15. The zero-order chi connectivity index (χ0) is 16.5. The number of hydrogen-bond acceptors (Lipinski definition) is 4. The largest absolute Gasteiger partial charge is 0.350 e. The van der Waals surface area contributed by atoms with E-state index in [1.54, 1.807) is 0 Å². The van der Waals surface area contributed by atoms with Gasteiger partial charge in [0.15, 0.2) is 0 Å². The Hall–Kier alpha value is -0.670. The smallest absolute Gasteiger partial charge is 0.305 e. The van der Waals surface area contributed by atoms with Gasteiger partial charge in [0.2, 0.25) is 0 Å². The van der Waals surface area contributed by atoms with Gasteiger partial charge in [-0.2, -0.15) is 0 Å². The maximum atomic E-state index is 13.3. The third-order valence-corrected chi connectivity index (χ3v) is 6.75. The van der Waals surface area contributed by atoms with Crippen LogP contribution in [-0.4, -0.2) is 28.4 Å². The topological polar surface area (TPSA) is 38.5 Å². The molecule has 0 amide bonds. The van der Waals surface area contributed by atoms with Gasteiger partial charge in [-0.1, -0.05) is 30.3 Å². The maximum Gasteiger partial charge on any atom is 0.350 e. The first-order chi connectivity index (χ1) is 10.2. The molecule has 0 radical (unpaired) electrons. The van der Waals surface area contributed by atoms with Crippen LogP contribution < -0.4 is 0 Å². The molecule has 22 heavy (non-hydrogen) atoms. The Morgan fingerprint density at radius 1 is 1.09 bits per heavy atom. The van der Waals surface area contributed by atoms with E-state index in [9.17, 15) is 4.57 Å². The van der Waals surface area contributed by atoms with Gasteiger partial charge in [0.25, 0.3) is 0 Å². The van der Waals surface area contributed by atoms with E-state index in [0.29, 0.717) is 0 Å². The van der Waals surface area contributed by atoms with Crippen molar-refractivity contribution in [1.29, 1.82) is 0 Å². The Morgan fingerprint density at radius 2 is 1.59 bits per heavy atom. The molecule has 1 heterocycles. The highest BCUT2D eigenvalue weighted by Crippen LogP contribution is 2.68. The molecule has 1 aromatic rings. The summed E-state index contributed by atoms with van der Waals surface area (Å²) in [6, 6.07) is 10.2. The summed E-state index contributed by atoms with van der Waals surface area (Å²) in [4.78, 5) is 2.20. The molecule has 0 aliphatic carbocycles. The molecule has 1 fully saturated rings. The van der Waals surface area contributed by atoms with Gasteiger partial charge in [-0.3, -0.25) is 9.46 Å². The summed E-state index contributed by atoms with van der Waals surface area (Å²) in [6.07, 6.45) is -0.251. The van der Waals surface area contributed by atoms with Crippen LogP contribution in [0.2, 0.25) is 0 Å². The molecule has 1 saturated heterocycles. The zero-order valence-electron chi connectivity index (χ0n) is 14.4. The van der Waals surface area contributed by atoms with Crippen molar-refractivity contribution in [2.75, 3.05) is 0 Å². The lowest BCUT2D eigenvalue weighted by molar-refractivity contribution is 0.138. The maximum absolute atomic E-state index is 13.3. The quantitative estimate of drug-likeness (QED) is 0.540. The Kier molecular flexibility index (Phi) is 5.18. The summed E-state index contributed by atoms with van der Waals surface area (Å²) in [5.41, 5.74) is 1.02. The standard InChI is InChI=1S/C17H28NO3P/c1-13(2)20-22(19,21-14(3)4)16-17(5,6)18(16)12-15-10-8-7-9-11-15/h7-11,13-14,16H,12H2,1-6H3. The minimum atomic E-state index is -3.18. The minimum absolute atomic E-state index is 0.125. The first-order valence-electron chi connectivity index (χ1n) is 7.94. The van der Waals surface area contributed by atoms with Crippen LogP contribution in [0.25, 0.3) is 0 Å². The molecule has 0 spiro atoms. The average Bonchev–Trinajstić information content (AvgIpc) is 2.90. The van der Waals surface area contributed by atoms with Gasteiger partial charge >= 0.3 is 7.60 Å². The molecule has 2 rings (SSSR count). The van der Waals surface area contributed by atoms with Gasteiger partial charge in [-0.15, -0.1) is 0 Å². The van der Waals surface area contributed by atoms with Crippen LogP contribution in [-0.2, 0) is 20.2 Å². The summed E-state index contributed by atoms with van der Waals surface area (Å²) in [5.74, 6) is -0.190. The molecule has 0 saturated carbocycles. The van der Waals surface area contributed by atoms with Crippen molar-refractivity contribution >= 4 is 7.60 Å². The van der Waals surface area contributed by atoms with Gasteiger partial charge in [0.05, 0.1) is 12.2 Å². The predicted octanol–water partition coefficient (Wildman–Crippen LogP) is 4.65. The van der Waals surface area contributed by atoms with E-state index in [2.05, 4.69) is 30.9 Å². The fourth-order valence-corrected chi connectivity index (χ4v) is 5.93. The van der Waals surface area contributed by atoms with Crippen LogP contribution in [0.1, 0.15) is 47.1 Å². The Balaban J connectivity index is 2.19. The van der Waals surface area contributed by atoms with Crippen molar-refractivity contribution in [3.63, 3.8) is 0 Å². The fraction of sp³-hybridized carbons (Fsp3) is 0.647. The van der Waals surface area contributed by atoms with Crippen molar-refractivity contribution < 1.29 is 13.6 Å². The van der Waals surface area contributed by atoms with E-state index in [0.717, 1.165) is 6.54 Å². The van der Waals surface area contributed by atoms with E-state index >= 15 is 0 Å². The monoisotopic (exact) mass is 325 g/mol. The first-order valence-corrected chi connectivity index (χ1v) is 9.55. The highest BCUT2D eigenvalue weighted by atomic mass is 31.2. The van der Waals surface area contributed by atoms with Crippen LogP contribution in [0.5, 0.6) is 0 Å². The second kappa shape index (κ2) is 6.45. The number of hydrogen-bond donors (Lipinski definition) is 0. The van der Waals surface area contributed by atoms with Crippen LogP contribution in [0.3, 0.4) is 0 Å². The van der Waals surface area contributed by atoms with Crippen LogP contribution in [0, 0.1) is 0 Å². The molecule has 0 N–H and O–H groups in total. The summed E-state index contributed by atoms with van der Waals surface area (Å²) in [6.45, 7) is 12.5. The number of rotatable bonds is 7. The summed E-state index contributed by atoms with van der Waals surface area (Å²) >= 11 is 0. The Bertz CT molecular complexity index is 528. The summed E-state index contributed by atoms with van der Waals surface area (Å²) < 4.78 is 24.9. The average molecular weight is 325 g/mol. The van der Waals surface area contributed by atoms with Crippen molar-refractivity contribution in [3.8, 4) is 0 Å². The van der Waals surface area contributed by atoms with Gasteiger partial charge in [0.1, 0.15) is 5.78 Å². The van der Waals surface area contributed by atoms with Gasteiger partial charge in [0, 0.05) is 12.1 Å². The first kappa shape index (κ1) is 17.7. The summed E-state index contributed by atoms with van der Waals surface area (Å²) in [7, 11) is -3.18. The molecule has 0 aromatic heterocycles. The van der Waals surface area contributed by atoms with E-state index in [-0.39, 0.29) is 23.5 Å². The van der Waals surface area contributed by atoms with E-state index in [1.807, 2.05) is 45.9 Å². The van der Waals surface area contributed by atoms with Crippen molar-refractivity contribution in [2.24, 2.45) is 0 Å². The molecule has 1 aliphatic rings. The minimum Gasteiger partial charge on any atom is -0.305 e. The fourth-order valence-electron chi connectivity index (χ4n) is 2.90. The van der Waals surface area contributed by atoms with Crippen molar-refractivity contribution in [3.05, 3.63) is 35.9 Å². The van der Waals surface area contributed by atoms with Gasteiger partial charge in [-0.25, -0.2) is 0 Å². The van der Waals surface area contributed by atoms with Crippen LogP contribution >= 0.6 is 7.60 Å². The molecule has 0 bridgehead atoms. The molecule has 124 valence electrons.